The molecular weight excluding hydrogens is 283 g/mol. The molecule has 1 unspecified atom stereocenters. The van der Waals surface area contributed by atoms with Gasteiger partial charge in [0.05, 0.1) is 19.3 Å². The van der Waals surface area contributed by atoms with E-state index in [0.717, 1.165) is 17.7 Å². The van der Waals surface area contributed by atoms with Crippen LogP contribution in [0.15, 0.2) is 24.3 Å². The van der Waals surface area contributed by atoms with Crippen molar-refractivity contribution < 1.29 is 22.6 Å². The monoisotopic (exact) mass is 305 g/mol. The summed E-state index contributed by atoms with van der Waals surface area (Å²) < 4.78 is 46.5. The van der Waals surface area contributed by atoms with Crippen molar-refractivity contribution in [3.63, 3.8) is 0 Å². The fraction of sp³-hybridized carbons (Fsp3) is 0.600. The van der Waals surface area contributed by atoms with Crippen LogP contribution in [0, 0.1) is 0 Å². The van der Waals surface area contributed by atoms with Gasteiger partial charge in [0.15, 0.2) is 0 Å². The van der Waals surface area contributed by atoms with Gasteiger partial charge in [0, 0.05) is 0 Å². The van der Waals surface area contributed by atoms with Gasteiger partial charge in [-0.15, -0.1) is 0 Å². The molecule has 0 aliphatic carbocycles. The quantitative estimate of drug-likeness (QED) is 0.754. The number of halogens is 3. The SMILES string of the molecule is CCCOc1ccc(C(COCC(F)(F)F)NCC)cc1. The minimum absolute atomic E-state index is 0.0253. The van der Waals surface area contributed by atoms with Crippen LogP contribution < -0.4 is 10.1 Å². The molecular formula is C15H22F3NO2. The summed E-state index contributed by atoms with van der Waals surface area (Å²) in [5.74, 6) is 0.757. The molecule has 1 atom stereocenters. The lowest BCUT2D eigenvalue weighted by Gasteiger charge is -2.19. The molecule has 0 fully saturated rings. The first-order valence-electron chi connectivity index (χ1n) is 7.07. The molecule has 0 saturated heterocycles. The van der Waals surface area contributed by atoms with Crippen LogP contribution in [0.25, 0.3) is 0 Å². The van der Waals surface area contributed by atoms with Crippen LogP contribution in [-0.4, -0.2) is 32.5 Å². The Morgan fingerprint density at radius 2 is 1.81 bits per heavy atom. The van der Waals surface area contributed by atoms with Crippen molar-refractivity contribution in [2.75, 3.05) is 26.4 Å². The highest BCUT2D eigenvalue weighted by molar-refractivity contribution is 5.29. The third-order valence-electron chi connectivity index (χ3n) is 2.76. The van der Waals surface area contributed by atoms with E-state index in [0.29, 0.717) is 13.2 Å². The van der Waals surface area contributed by atoms with Crippen molar-refractivity contribution in [2.45, 2.75) is 32.5 Å². The Balaban J connectivity index is 2.58. The fourth-order valence-electron chi connectivity index (χ4n) is 1.83. The molecule has 6 heteroatoms. The molecule has 0 saturated carbocycles. The Kier molecular flexibility index (Phi) is 7.53. The van der Waals surface area contributed by atoms with Gasteiger partial charge >= 0.3 is 6.18 Å². The molecule has 1 aromatic rings. The lowest BCUT2D eigenvalue weighted by molar-refractivity contribution is -0.175. The summed E-state index contributed by atoms with van der Waals surface area (Å²) in [5.41, 5.74) is 0.878. The predicted octanol–water partition coefficient (Wildman–Crippen LogP) is 3.70. The van der Waals surface area contributed by atoms with E-state index < -0.39 is 12.8 Å². The standard InChI is InChI=1S/C15H22F3NO2/c1-3-9-21-13-7-5-12(6-8-13)14(19-4-2)10-20-11-15(16,17)18/h5-8,14,19H,3-4,9-11H2,1-2H3. The van der Waals surface area contributed by atoms with Gasteiger partial charge in [0.1, 0.15) is 12.4 Å². The Morgan fingerprint density at radius 1 is 1.14 bits per heavy atom. The van der Waals surface area contributed by atoms with Gasteiger partial charge in [-0.05, 0) is 30.7 Å². The number of alkyl halides is 3. The van der Waals surface area contributed by atoms with Gasteiger partial charge in [0.2, 0.25) is 0 Å². The molecule has 0 aliphatic heterocycles. The van der Waals surface area contributed by atoms with Crippen LogP contribution in [0.5, 0.6) is 5.75 Å². The smallest absolute Gasteiger partial charge is 0.411 e. The second-order valence-electron chi connectivity index (χ2n) is 4.66. The van der Waals surface area contributed by atoms with Crippen LogP contribution in [0.3, 0.4) is 0 Å². The zero-order chi connectivity index (χ0) is 15.7. The van der Waals surface area contributed by atoms with Gasteiger partial charge in [-0.2, -0.15) is 13.2 Å². The highest BCUT2D eigenvalue weighted by atomic mass is 19.4. The summed E-state index contributed by atoms with van der Waals surface area (Å²) in [7, 11) is 0. The summed E-state index contributed by atoms with van der Waals surface area (Å²) in [5, 5.41) is 3.11. The van der Waals surface area contributed by atoms with Crippen molar-refractivity contribution in [3.05, 3.63) is 29.8 Å². The van der Waals surface area contributed by atoms with Crippen molar-refractivity contribution in [3.8, 4) is 5.75 Å². The molecule has 0 aromatic heterocycles. The third-order valence-corrected chi connectivity index (χ3v) is 2.76. The van der Waals surface area contributed by atoms with E-state index in [-0.39, 0.29) is 12.6 Å². The number of hydrogen-bond acceptors (Lipinski definition) is 3. The zero-order valence-electron chi connectivity index (χ0n) is 12.4. The molecule has 21 heavy (non-hydrogen) atoms. The Morgan fingerprint density at radius 3 is 2.33 bits per heavy atom. The minimum Gasteiger partial charge on any atom is -0.494 e. The molecule has 1 aromatic carbocycles. The first-order chi connectivity index (χ1) is 9.96. The van der Waals surface area contributed by atoms with Crippen LogP contribution in [-0.2, 0) is 4.74 Å². The highest BCUT2D eigenvalue weighted by Gasteiger charge is 2.28. The minimum atomic E-state index is -4.30. The molecule has 0 aliphatic rings. The third kappa shape index (κ3) is 7.34. The maximum atomic E-state index is 12.1. The Bertz CT molecular complexity index is 393. The number of benzene rings is 1. The first kappa shape index (κ1) is 17.8. The summed E-state index contributed by atoms with van der Waals surface area (Å²) in [6.07, 6.45) is -3.37. The van der Waals surface area contributed by atoms with Gasteiger partial charge in [-0.1, -0.05) is 26.0 Å². The fourth-order valence-corrected chi connectivity index (χ4v) is 1.83. The van der Waals surface area contributed by atoms with Gasteiger partial charge in [0.25, 0.3) is 0 Å². The number of likely N-dealkylation sites (N-methyl/N-ethyl adjacent to an activating group) is 1. The Hall–Kier alpha value is -1.27. The number of ether oxygens (including phenoxy) is 2. The number of nitrogens with one attached hydrogen (secondary N) is 1. The zero-order valence-corrected chi connectivity index (χ0v) is 12.4. The van der Waals surface area contributed by atoms with E-state index in [1.54, 1.807) is 0 Å². The molecule has 0 heterocycles. The summed E-state index contributed by atoms with van der Waals surface area (Å²) >= 11 is 0. The van der Waals surface area contributed by atoms with E-state index >= 15 is 0 Å². The van der Waals surface area contributed by atoms with Crippen LogP contribution in [0.4, 0.5) is 13.2 Å². The molecule has 0 radical (unpaired) electrons. The predicted molar refractivity (Wildman–Crippen MR) is 75.5 cm³/mol. The van der Waals surface area contributed by atoms with Gasteiger partial charge < -0.3 is 14.8 Å². The van der Waals surface area contributed by atoms with E-state index in [1.165, 1.54) is 0 Å². The van der Waals surface area contributed by atoms with E-state index in [4.69, 9.17) is 9.47 Å². The molecule has 3 nitrogen and oxygen atoms in total. The van der Waals surface area contributed by atoms with Crippen LogP contribution in [0.2, 0.25) is 0 Å². The van der Waals surface area contributed by atoms with Crippen molar-refractivity contribution in [1.82, 2.24) is 5.32 Å². The highest BCUT2D eigenvalue weighted by Crippen LogP contribution is 2.20. The molecule has 0 bridgehead atoms. The number of hydrogen-bond donors (Lipinski definition) is 1. The summed E-state index contributed by atoms with van der Waals surface area (Å²) in [4.78, 5) is 0. The van der Waals surface area contributed by atoms with Crippen molar-refractivity contribution in [2.24, 2.45) is 0 Å². The topological polar surface area (TPSA) is 30.5 Å². The van der Waals surface area contributed by atoms with E-state index in [1.807, 2.05) is 38.1 Å². The average molecular weight is 305 g/mol. The van der Waals surface area contributed by atoms with E-state index in [9.17, 15) is 13.2 Å². The lowest BCUT2D eigenvalue weighted by Crippen LogP contribution is -2.27. The normalized spacial score (nSPS) is 13.2. The maximum absolute atomic E-state index is 12.1. The largest absolute Gasteiger partial charge is 0.494 e. The molecule has 0 spiro atoms. The van der Waals surface area contributed by atoms with Crippen molar-refractivity contribution >= 4 is 0 Å². The summed E-state index contributed by atoms with van der Waals surface area (Å²) in [6, 6.07) is 7.06. The van der Waals surface area contributed by atoms with Crippen molar-refractivity contribution in [1.29, 1.82) is 0 Å². The second kappa shape index (κ2) is 8.89. The first-order valence-corrected chi connectivity index (χ1v) is 7.07. The molecule has 1 rings (SSSR count). The Labute approximate surface area is 123 Å². The molecule has 0 amide bonds. The summed E-state index contributed by atoms with van der Waals surface area (Å²) in [6.45, 7) is 3.96. The molecule has 120 valence electrons. The van der Waals surface area contributed by atoms with E-state index in [2.05, 4.69) is 5.32 Å². The second-order valence-corrected chi connectivity index (χ2v) is 4.66. The lowest BCUT2D eigenvalue weighted by atomic mass is 10.1. The van der Waals surface area contributed by atoms with Gasteiger partial charge in [-0.3, -0.25) is 0 Å². The van der Waals surface area contributed by atoms with Gasteiger partial charge in [-0.25, -0.2) is 0 Å². The number of rotatable bonds is 9. The van der Waals surface area contributed by atoms with Crippen LogP contribution >= 0.6 is 0 Å². The average Bonchev–Trinajstić information content (AvgIpc) is 2.43. The van der Waals surface area contributed by atoms with Crippen LogP contribution in [0.1, 0.15) is 31.9 Å². The molecule has 1 N–H and O–H groups in total. The maximum Gasteiger partial charge on any atom is 0.411 e.